The van der Waals surface area contributed by atoms with Crippen LogP contribution in [0.1, 0.15) is 12.5 Å². The van der Waals surface area contributed by atoms with Crippen molar-refractivity contribution >= 4 is 5.69 Å². The summed E-state index contributed by atoms with van der Waals surface area (Å²) in [7, 11) is 1.80. The lowest BCUT2D eigenvalue weighted by molar-refractivity contribution is 0.154. The van der Waals surface area contributed by atoms with Gasteiger partial charge < -0.3 is 9.64 Å². The molecule has 86 valence electrons. The Balaban J connectivity index is 2.69. The van der Waals surface area contributed by atoms with Gasteiger partial charge in [-0.2, -0.15) is 5.26 Å². The Morgan fingerprint density at radius 1 is 1.50 bits per heavy atom. The number of nitriles is 1. The molecule has 16 heavy (non-hydrogen) atoms. The van der Waals surface area contributed by atoms with E-state index in [2.05, 4.69) is 0 Å². The van der Waals surface area contributed by atoms with Crippen molar-refractivity contribution in [2.75, 3.05) is 31.7 Å². The van der Waals surface area contributed by atoms with Gasteiger partial charge in [0.05, 0.1) is 23.9 Å². The molecule has 0 atom stereocenters. The number of benzene rings is 1. The van der Waals surface area contributed by atoms with Crippen LogP contribution in [0.2, 0.25) is 0 Å². The van der Waals surface area contributed by atoms with Crippen molar-refractivity contribution in [3.8, 4) is 6.07 Å². The lowest BCUT2D eigenvalue weighted by Gasteiger charge is -2.19. The zero-order valence-electron chi connectivity index (χ0n) is 9.53. The molecule has 0 saturated carbocycles. The maximum absolute atomic E-state index is 13.6. The third-order valence-corrected chi connectivity index (χ3v) is 2.26. The quantitative estimate of drug-likeness (QED) is 0.716. The molecule has 0 amide bonds. The van der Waals surface area contributed by atoms with Gasteiger partial charge in [0, 0.05) is 20.2 Å². The molecule has 0 unspecified atom stereocenters. The van der Waals surface area contributed by atoms with Crippen LogP contribution in [0.15, 0.2) is 18.2 Å². The molecule has 0 N–H and O–H groups in total. The van der Waals surface area contributed by atoms with Crippen molar-refractivity contribution in [2.24, 2.45) is 0 Å². The lowest BCUT2D eigenvalue weighted by atomic mass is 10.2. The second kappa shape index (κ2) is 6.09. The molecule has 0 aliphatic carbocycles. The molecule has 4 heteroatoms. The molecule has 1 aromatic carbocycles. The number of nitrogens with zero attached hydrogens (tertiary/aromatic N) is 2. The second-order valence-electron chi connectivity index (χ2n) is 3.40. The van der Waals surface area contributed by atoms with Crippen molar-refractivity contribution < 1.29 is 9.13 Å². The highest BCUT2D eigenvalue weighted by molar-refractivity contribution is 5.50. The van der Waals surface area contributed by atoms with Gasteiger partial charge in [0.1, 0.15) is 5.82 Å². The molecule has 3 nitrogen and oxygen atoms in total. The largest absolute Gasteiger partial charge is 0.380 e. The van der Waals surface area contributed by atoms with Gasteiger partial charge in [0.2, 0.25) is 0 Å². The fraction of sp³-hybridized carbons (Fsp3) is 0.417. The fourth-order valence-electron chi connectivity index (χ4n) is 1.35. The zero-order valence-corrected chi connectivity index (χ0v) is 9.53. The second-order valence-corrected chi connectivity index (χ2v) is 3.40. The summed E-state index contributed by atoms with van der Waals surface area (Å²) >= 11 is 0. The van der Waals surface area contributed by atoms with Crippen molar-refractivity contribution in [1.29, 1.82) is 5.26 Å². The fourth-order valence-corrected chi connectivity index (χ4v) is 1.35. The summed E-state index contributed by atoms with van der Waals surface area (Å²) in [4.78, 5) is 1.77. The molecule has 1 aromatic rings. The average molecular weight is 222 g/mol. The first kappa shape index (κ1) is 12.5. The van der Waals surface area contributed by atoms with Crippen molar-refractivity contribution in [1.82, 2.24) is 0 Å². The third kappa shape index (κ3) is 3.21. The Hall–Kier alpha value is -1.60. The molecule has 0 aromatic heterocycles. The SMILES string of the molecule is CCOCCN(C)c1ccc(C#N)cc1F. The molecule has 0 saturated heterocycles. The summed E-state index contributed by atoms with van der Waals surface area (Å²) in [6, 6.07) is 6.36. The van der Waals surface area contributed by atoms with Crippen LogP contribution in [0, 0.1) is 17.1 Å². The van der Waals surface area contributed by atoms with E-state index >= 15 is 0 Å². The number of ether oxygens (including phenoxy) is 1. The standard InChI is InChI=1S/C12H15FN2O/c1-3-16-7-6-15(2)12-5-4-10(9-14)8-11(12)13/h4-5,8H,3,6-7H2,1-2H3. The third-order valence-electron chi connectivity index (χ3n) is 2.26. The van der Waals surface area contributed by atoms with E-state index in [0.29, 0.717) is 31.0 Å². The average Bonchev–Trinajstić information content (AvgIpc) is 2.29. The van der Waals surface area contributed by atoms with Gasteiger partial charge in [-0.3, -0.25) is 0 Å². The number of likely N-dealkylation sites (N-methyl/N-ethyl adjacent to an activating group) is 1. The van der Waals surface area contributed by atoms with Crippen LogP contribution in [0.25, 0.3) is 0 Å². The van der Waals surface area contributed by atoms with Crippen LogP contribution in [0.3, 0.4) is 0 Å². The first-order chi connectivity index (χ1) is 7.69. The van der Waals surface area contributed by atoms with Gasteiger partial charge in [-0.15, -0.1) is 0 Å². The van der Waals surface area contributed by atoms with Crippen LogP contribution in [-0.2, 0) is 4.74 Å². The summed E-state index contributed by atoms with van der Waals surface area (Å²) in [5, 5.41) is 8.61. The number of hydrogen-bond acceptors (Lipinski definition) is 3. The van der Waals surface area contributed by atoms with E-state index in [1.54, 1.807) is 24.1 Å². The maximum Gasteiger partial charge on any atom is 0.147 e. The smallest absolute Gasteiger partial charge is 0.147 e. The Morgan fingerprint density at radius 3 is 2.81 bits per heavy atom. The highest BCUT2D eigenvalue weighted by Crippen LogP contribution is 2.18. The van der Waals surface area contributed by atoms with Crippen LogP contribution in [0.4, 0.5) is 10.1 Å². The minimum atomic E-state index is -0.377. The molecule has 0 heterocycles. The Bertz CT molecular complexity index is 387. The normalized spacial score (nSPS) is 9.88. The van der Waals surface area contributed by atoms with E-state index in [4.69, 9.17) is 10.00 Å². The van der Waals surface area contributed by atoms with Crippen molar-refractivity contribution in [3.63, 3.8) is 0 Å². The molecule has 0 bridgehead atoms. The number of anilines is 1. The minimum Gasteiger partial charge on any atom is -0.380 e. The van der Waals surface area contributed by atoms with Gasteiger partial charge in [-0.25, -0.2) is 4.39 Å². The first-order valence-corrected chi connectivity index (χ1v) is 5.17. The molecule has 0 aliphatic rings. The molecule has 0 aliphatic heterocycles. The first-order valence-electron chi connectivity index (χ1n) is 5.17. The minimum absolute atomic E-state index is 0.333. The van der Waals surface area contributed by atoms with E-state index in [1.165, 1.54) is 6.07 Å². The summed E-state index contributed by atoms with van der Waals surface area (Å²) in [6.45, 7) is 3.76. The summed E-state index contributed by atoms with van der Waals surface area (Å²) in [6.07, 6.45) is 0. The maximum atomic E-state index is 13.6. The molecular formula is C12H15FN2O. The number of hydrogen-bond donors (Lipinski definition) is 0. The highest BCUT2D eigenvalue weighted by Gasteiger charge is 2.07. The van der Waals surface area contributed by atoms with E-state index in [-0.39, 0.29) is 5.82 Å². The summed E-state index contributed by atoms with van der Waals surface area (Å²) in [5.74, 6) is -0.377. The summed E-state index contributed by atoms with van der Waals surface area (Å²) in [5.41, 5.74) is 0.818. The van der Waals surface area contributed by atoms with Crippen LogP contribution < -0.4 is 4.90 Å². The van der Waals surface area contributed by atoms with E-state index in [1.807, 2.05) is 13.0 Å². The van der Waals surface area contributed by atoms with Gasteiger partial charge >= 0.3 is 0 Å². The molecular weight excluding hydrogens is 207 g/mol. The van der Waals surface area contributed by atoms with Crippen LogP contribution in [-0.4, -0.2) is 26.8 Å². The van der Waals surface area contributed by atoms with E-state index < -0.39 is 0 Å². The molecule has 0 fully saturated rings. The van der Waals surface area contributed by atoms with Gasteiger partial charge in [-0.05, 0) is 25.1 Å². The Labute approximate surface area is 95.1 Å². The molecule has 0 spiro atoms. The number of rotatable bonds is 5. The predicted molar refractivity (Wildman–Crippen MR) is 60.9 cm³/mol. The predicted octanol–water partition coefficient (Wildman–Crippen LogP) is 2.17. The lowest BCUT2D eigenvalue weighted by Crippen LogP contribution is -2.23. The Kier molecular flexibility index (Phi) is 4.74. The van der Waals surface area contributed by atoms with Crippen molar-refractivity contribution in [2.45, 2.75) is 6.92 Å². The van der Waals surface area contributed by atoms with Gasteiger partial charge in [0.25, 0.3) is 0 Å². The molecule has 0 radical (unpaired) electrons. The van der Waals surface area contributed by atoms with Crippen molar-refractivity contribution in [3.05, 3.63) is 29.6 Å². The van der Waals surface area contributed by atoms with Crippen LogP contribution in [0.5, 0.6) is 0 Å². The monoisotopic (exact) mass is 222 g/mol. The van der Waals surface area contributed by atoms with Gasteiger partial charge in [-0.1, -0.05) is 0 Å². The van der Waals surface area contributed by atoms with Crippen LogP contribution >= 0.6 is 0 Å². The zero-order chi connectivity index (χ0) is 12.0. The van der Waals surface area contributed by atoms with E-state index in [9.17, 15) is 4.39 Å². The number of halogens is 1. The Morgan fingerprint density at radius 2 is 2.25 bits per heavy atom. The highest BCUT2D eigenvalue weighted by atomic mass is 19.1. The van der Waals surface area contributed by atoms with Gasteiger partial charge in [0.15, 0.2) is 0 Å². The molecule has 1 rings (SSSR count). The van der Waals surface area contributed by atoms with E-state index in [0.717, 1.165) is 0 Å². The topological polar surface area (TPSA) is 36.3 Å². The summed E-state index contributed by atoms with van der Waals surface area (Å²) < 4.78 is 18.8.